The molecule has 2 saturated carbocycles. The Hall–Kier alpha value is -2.05. The average molecular weight is 327 g/mol. The topological polar surface area (TPSA) is 66.4 Å². The van der Waals surface area contributed by atoms with Gasteiger partial charge in [0.1, 0.15) is 0 Å². The molecular formula is C16H16F3NO3. The smallest absolute Gasteiger partial charge is 0.416 e. The van der Waals surface area contributed by atoms with Gasteiger partial charge in [-0.15, -0.1) is 0 Å². The van der Waals surface area contributed by atoms with Crippen LogP contribution in [0, 0.1) is 23.7 Å². The maximum atomic E-state index is 12.7. The fourth-order valence-corrected chi connectivity index (χ4v) is 4.02. The summed E-state index contributed by atoms with van der Waals surface area (Å²) in [6.07, 6.45) is -2.18. The summed E-state index contributed by atoms with van der Waals surface area (Å²) < 4.78 is 38.1. The van der Waals surface area contributed by atoms with E-state index >= 15 is 0 Å². The number of hydrogen-bond donors (Lipinski definition) is 2. The van der Waals surface area contributed by atoms with Gasteiger partial charge in [-0.1, -0.05) is 6.07 Å². The molecule has 2 aliphatic rings. The fourth-order valence-electron chi connectivity index (χ4n) is 4.02. The summed E-state index contributed by atoms with van der Waals surface area (Å²) in [5, 5.41) is 11.8. The molecule has 4 nitrogen and oxygen atoms in total. The molecule has 2 bridgehead atoms. The maximum absolute atomic E-state index is 12.7. The van der Waals surface area contributed by atoms with Gasteiger partial charge in [-0.2, -0.15) is 13.2 Å². The molecule has 0 aliphatic heterocycles. The minimum Gasteiger partial charge on any atom is -0.481 e. The number of nitrogens with one attached hydrogen (secondary N) is 1. The molecule has 2 N–H and O–H groups in total. The lowest BCUT2D eigenvalue weighted by molar-refractivity contribution is -0.148. The van der Waals surface area contributed by atoms with Crippen molar-refractivity contribution in [3.63, 3.8) is 0 Å². The highest BCUT2D eigenvalue weighted by Crippen LogP contribution is 2.52. The van der Waals surface area contributed by atoms with Gasteiger partial charge >= 0.3 is 12.1 Å². The SMILES string of the molecule is O=C(O)[C@@H]1[C@H]2CC[C@@H](C2)[C@@H]1C(=O)Nc1cccc(C(F)(F)F)c1. The van der Waals surface area contributed by atoms with Crippen LogP contribution in [0.15, 0.2) is 24.3 Å². The Labute approximate surface area is 130 Å². The Kier molecular flexibility index (Phi) is 3.82. The molecule has 3 rings (SSSR count). The van der Waals surface area contributed by atoms with E-state index in [9.17, 15) is 27.9 Å². The van der Waals surface area contributed by atoms with Gasteiger partial charge in [0, 0.05) is 5.69 Å². The molecule has 1 aromatic rings. The maximum Gasteiger partial charge on any atom is 0.416 e. The normalized spacial score (nSPS) is 29.5. The first-order valence-corrected chi connectivity index (χ1v) is 7.48. The summed E-state index contributed by atoms with van der Waals surface area (Å²) in [5.74, 6) is -2.90. The van der Waals surface area contributed by atoms with Gasteiger partial charge in [0.15, 0.2) is 0 Å². The number of carbonyl (C=O) groups is 2. The van der Waals surface area contributed by atoms with Crippen LogP contribution in [0.1, 0.15) is 24.8 Å². The summed E-state index contributed by atoms with van der Waals surface area (Å²) in [6, 6.07) is 4.37. The number of carboxylic acids is 1. The Morgan fingerprint density at radius 1 is 1.13 bits per heavy atom. The van der Waals surface area contributed by atoms with Crippen LogP contribution < -0.4 is 5.32 Å². The van der Waals surface area contributed by atoms with Crippen molar-refractivity contribution in [2.75, 3.05) is 5.32 Å². The molecule has 7 heteroatoms. The van der Waals surface area contributed by atoms with Gasteiger partial charge in [0.05, 0.1) is 17.4 Å². The molecule has 0 radical (unpaired) electrons. The highest BCUT2D eigenvalue weighted by molar-refractivity contribution is 5.96. The largest absolute Gasteiger partial charge is 0.481 e. The number of fused-ring (bicyclic) bond motifs is 2. The van der Waals surface area contributed by atoms with Crippen LogP contribution in [0.25, 0.3) is 0 Å². The molecule has 0 unspecified atom stereocenters. The Morgan fingerprint density at radius 2 is 1.78 bits per heavy atom. The van der Waals surface area contributed by atoms with Gasteiger partial charge < -0.3 is 10.4 Å². The van der Waals surface area contributed by atoms with E-state index in [1.165, 1.54) is 12.1 Å². The van der Waals surface area contributed by atoms with Gasteiger partial charge in [0.25, 0.3) is 0 Å². The summed E-state index contributed by atoms with van der Waals surface area (Å²) in [4.78, 5) is 23.8. The van der Waals surface area contributed by atoms with Crippen molar-refractivity contribution >= 4 is 17.6 Å². The molecule has 2 fully saturated rings. The zero-order valence-corrected chi connectivity index (χ0v) is 12.1. The van der Waals surface area contributed by atoms with Crippen LogP contribution >= 0.6 is 0 Å². The Balaban J connectivity index is 1.78. The molecule has 2 aliphatic carbocycles. The highest BCUT2D eigenvalue weighted by atomic mass is 19.4. The van der Waals surface area contributed by atoms with Crippen LogP contribution in [0.3, 0.4) is 0 Å². The van der Waals surface area contributed by atoms with Crippen molar-refractivity contribution in [3.05, 3.63) is 29.8 Å². The van der Waals surface area contributed by atoms with Crippen molar-refractivity contribution in [1.29, 1.82) is 0 Å². The number of aliphatic carboxylic acids is 1. The predicted molar refractivity (Wildman–Crippen MR) is 75.5 cm³/mol. The third kappa shape index (κ3) is 2.92. The summed E-state index contributed by atoms with van der Waals surface area (Å²) in [5.41, 5.74) is -0.810. The third-order valence-electron chi connectivity index (χ3n) is 4.96. The van der Waals surface area contributed by atoms with Gasteiger partial charge in [0.2, 0.25) is 5.91 Å². The number of benzene rings is 1. The lowest BCUT2D eigenvalue weighted by Crippen LogP contribution is -2.37. The van der Waals surface area contributed by atoms with Crippen molar-refractivity contribution in [2.45, 2.75) is 25.4 Å². The van der Waals surface area contributed by atoms with Crippen LogP contribution in [-0.2, 0) is 15.8 Å². The van der Waals surface area contributed by atoms with Crippen LogP contribution in [0.5, 0.6) is 0 Å². The highest BCUT2D eigenvalue weighted by Gasteiger charge is 2.54. The van der Waals surface area contributed by atoms with Gasteiger partial charge in [-0.25, -0.2) is 0 Å². The Bertz CT molecular complexity index is 644. The van der Waals surface area contributed by atoms with Gasteiger partial charge in [-0.3, -0.25) is 9.59 Å². The zero-order chi connectivity index (χ0) is 16.8. The predicted octanol–water partition coefficient (Wildman–Crippen LogP) is 3.39. The average Bonchev–Trinajstić information content (AvgIpc) is 3.07. The van der Waals surface area contributed by atoms with Crippen molar-refractivity contribution in [1.82, 2.24) is 0 Å². The molecule has 4 atom stereocenters. The third-order valence-corrected chi connectivity index (χ3v) is 4.96. The van der Waals surface area contributed by atoms with E-state index in [-0.39, 0.29) is 17.5 Å². The van der Waals surface area contributed by atoms with E-state index in [4.69, 9.17) is 0 Å². The molecule has 0 aromatic heterocycles. The van der Waals surface area contributed by atoms with Crippen LogP contribution in [0.2, 0.25) is 0 Å². The standard InChI is InChI=1S/C16H16F3NO3/c17-16(18,19)10-2-1-3-11(7-10)20-14(21)12-8-4-5-9(6-8)13(12)15(22)23/h1-3,7-9,12-13H,4-6H2,(H,20,21)(H,22,23)/t8-,9-,12-,13+/m0/s1. The summed E-state index contributed by atoms with van der Waals surface area (Å²) in [7, 11) is 0. The van der Waals surface area contributed by atoms with E-state index in [1.807, 2.05) is 0 Å². The molecule has 0 heterocycles. The summed E-state index contributed by atoms with van der Waals surface area (Å²) >= 11 is 0. The monoisotopic (exact) mass is 327 g/mol. The number of rotatable bonds is 3. The second kappa shape index (κ2) is 5.54. The first kappa shape index (κ1) is 15.8. The van der Waals surface area contributed by atoms with E-state index in [0.29, 0.717) is 6.42 Å². The lowest BCUT2D eigenvalue weighted by Gasteiger charge is -2.27. The minimum atomic E-state index is -4.49. The van der Waals surface area contributed by atoms with Crippen molar-refractivity contribution in [3.8, 4) is 0 Å². The fraction of sp³-hybridized carbons (Fsp3) is 0.500. The number of anilines is 1. The van der Waals surface area contributed by atoms with E-state index in [2.05, 4.69) is 5.32 Å². The quantitative estimate of drug-likeness (QED) is 0.894. The number of carbonyl (C=O) groups excluding carboxylic acids is 1. The van der Waals surface area contributed by atoms with Gasteiger partial charge in [-0.05, 0) is 49.3 Å². The van der Waals surface area contributed by atoms with Crippen molar-refractivity contribution in [2.24, 2.45) is 23.7 Å². The number of hydrogen-bond acceptors (Lipinski definition) is 2. The number of amides is 1. The lowest BCUT2D eigenvalue weighted by atomic mass is 9.78. The molecule has 124 valence electrons. The molecular weight excluding hydrogens is 311 g/mol. The minimum absolute atomic E-state index is 0.00485. The summed E-state index contributed by atoms with van der Waals surface area (Å²) in [6.45, 7) is 0. The zero-order valence-electron chi connectivity index (χ0n) is 12.1. The van der Waals surface area contributed by atoms with Crippen molar-refractivity contribution < 1.29 is 27.9 Å². The number of halogens is 3. The molecule has 1 amide bonds. The first-order chi connectivity index (χ1) is 10.8. The Morgan fingerprint density at radius 3 is 2.39 bits per heavy atom. The molecule has 0 saturated heterocycles. The first-order valence-electron chi connectivity index (χ1n) is 7.48. The van der Waals surface area contributed by atoms with E-state index < -0.39 is 35.5 Å². The van der Waals surface area contributed by atoms with Crippen LogP contribution in [-0.4, -0.2) is 17.0 Å². The van der Waals surface area contributed by atoms with E-state index in [0.717, 1.165) is 25.0 Å². The second-order valence-corrected chi connectivity index (χ2v) is 6.29. The molecule has 1 aromatic carbocycles. The number of alkyl halides is 3. The second-order valence-electron chi connectivity index (χ2n) is 6.29. The van der Waals surface area contributed by atoms with Crippen LogP contribution in [0.4, 0.5) is 18.9 Å². The van der Waals surface area contributed by atoms with E-state index in [1.54, 1.807) is 0 Å². The number of carboxylic acid groups (broad SMARTS) is 1. The molecule has 0 spiro atoms. The molecule has 23 heavy (non-hydrogen) atoms.